The van der Waals surface area contributed by atoms with Gasteiger partial charge in [-0.3, -0.25) is 0 Å². The molecule has 0 aromatic rings. The molecule has 2 atom stereocenters. The zero-order valence-corrected chi connectivity index (χ0v) is 8.30. The molecule has 2 unspecified atom stereocenters. The van der Waals surface area contributed by atoms with Crippen molar-refractivity contribution in [1.82, 2.24) is 4.90 Å². The molecule has 0 spiro atoms. The van der Waals surface area contributed by atoms with Gasteiger partial charge in [0.2, 0.25) is 0 Å². The lowest BCUT2D eigenvalue weighted by Crippen LogP contribution is -2.31. The number of hydrogen-bond acceptors (Lipinski definition) is 2. The summed E-state index contributed by atoms with van der Waals surface area (Å²) in [6, 6.07) is 0. The van der Waals surface area contributed by atoms with Crippen LogP contribution >= 0.6 is 0 Å². The fraction of sp³-hybridized carbons (Fsp3) is 1.00. The smallest absolute Gasteiger partial charge is 0.00182 e. The number of nitrogens with two attached hydrogens (primary N) is 1. The molecule has 0 bridgehead atoms. The molecule has 11 heavy (non-hydrogen) atoms. The monoisotopic (exact) mass is 158 g/mol. The highest BCUT2D eigenvalue weighted by Crippen LogP contribution is 2.14. The fourth-order valence-electron chi connectivity index (χ4n) is 1.29. The molecule has 0 aromatic heterocycles. The van der Waals surface area contributed by atoms with Crippen molar-refractivity contribution in [3.05, 3.63) is 0 Å². The standard InChI is InChI=1S/C9H22N2/c1-5-8(2)9(6-10)7-11(3)4/h8-9H,5-7,10H2,1-4H3. The van der Waals surface area contributed by atoms with Crippen LogP contribution in [0.5, 0.6) is 0 Å². The Labute approximate surface area is 70.8 Å². The molecular formula is C9H22N2. The molecule has 0 amide bonds. The predicted molar refractivity (Wildman–Crippen MR) is 50.6 cm³/mol. The van der Waals surface area contributed by atoms with Gasteiger partial charge in [-0.15, -0.1) is 0 Å². The first kappa shape index (κ1) is 10.9. The summed E-state index contributed by atoms with van der Waals surface area (Å²) < 4.78 is 0. The molecule has 0 fully saturated rings. The molecule has 68 valence electrons. The molecule has 0 saturated heterocycles. The van der Waals surface area contributed by atoms with Crippen LogP contribution in [-0.2, 0) is 0 Å². The van der Waals surface area contributed by atoms with Crippen molar-refractivity contribution in [2.75, 3.05) is 27.2 Å². The van der Waals surface area contributed by atoms with Crippen LogP contribution in [0.2, 0.25) is 0 Å². The zero-order valence-electron chi connectivity index (χ0n) is 8.30. The summed E-state index contributed by atoms with van der Waals surface area (Å²) in [4.78, 5) is 2.21. The highest BCUT2D eigenvalue weighted by molar-refractivity contribution is 4.68. The van der Waals surface area contributed by atoms with Crippen LogP contribution in [0.3, 0.4) is 0 Å². The van der Waals surface area contributed by atoms with E-state index < -0.39 is 0 Å². The van der Waals surface area contributed by atoms with Crippen LogP contribution in [-0.4, -0.2) is 32.1 Å². The van der Waals surface area contributed by atoms with Gasteiger partial charge in [0.15, 0.2) is 0 Å². The fourth-order valence-corrected chi connectivity index (χ4v) is 1.29. The summed E-state index contributed by atoms with van der Waals surface area (Å²) in [5.41, 5.74) is 5.67. The van der Waals surface area contributed by atoms with Gasteiger partial charge < -0.3 is 10.6 Å². The summed E-state index contributed by atoms with van der Waals surface area (Å²) in [7, 11) is 4.20. The zero-order chi connectivity index (χ0) is 8.85. The molecule has 0 aliphatic carbocycles. The van der Waals surface area contributed by atoms with Crippen molar-refractivity contribution in [3.63, 3.8) is 0 Å². The summed E-state index contributed by atoms with van der Waals surface area (Å²) >= 11 is 0. The minimum absolute atomic E-state index is 0.662. The SMILES string of the molecule is CCC(C)C(CN)CN(C)C. The topological polar surface area (TPSA) is 29.3 Å². The second kappa shape index (κ2) is 5.56. The van der Waals surface area contributed by atoms with Crippen LogP contribution in [0, 0.1) is 11.8 Å². The van der Waals surface area contributed by atoms with Crippen molar-refractivity contribution in [2.45, 2.75) is 20.3 Å². The molecule has 0 aromatic carbocycles. The lowest BCUT2D eigenvalue weighted by Gasteiger charge is -2.24. The lowest BCUT2D eigenvalue weighted by atomic mass is 9.91. The second-order valence-electron chi connectivity index (χ2n) is 3.64. The summed E-state index contributed by atoms with van der Waals surface area (Å²) in [6.45, 7) is 6.43. The van der Waals surface area contributed by atoms with Crippen molar-refractivity contribution in [1.29, 1.82) is 0 Å². The Hall–Kier alpha value is -0.0800. The number of rotatable bonds is 5. The maximum atomic E-state index is 5.67. The molecule has 0 heterocycles. The molecule has 2 nitrogen and oxygen atoms in total. The molecule has 2 N–H and O–H groups in total. The van der Waals surface area contributed by atoms with E-state index in [-0.39, 0.29) is 0 Å². The Morgan fingerprint density at radius 1 is 1.36 bits per heavy atom. The van der Waals surface area contributed by atoms with Crippen molar-refractivity contribution >= 4 is 0 Å². The van der Waals surface area contributed by atoms with E-state index in [1.54, 1.807) is 0 Å². The average molecular weight is 158 g/mol. The Bertz CT molecular complexity index is 91.6. The molecule has 0 radical (unpaired) electrons. The van der Waals surface area contributed by atoms with Gasteiger partial charge in [-0.1, -0.05) is 20.3 Å². The predicted octanol–water partition coefficient (Wildman–Crippen LogP) is 1.17. The van der Waals surface area contributed by atoms with E-state index in [4.69, 9.17) is 5.73 Å². The van der Waals surface area contributed by atoms with Crippen LogP contribution in [0.1, 0.15) is 20.3 Å². The maximum absolute atomic E-state index is 5.67. The van der Waals surface area contributed by atoms with Crippen molar-refractivity contribution in [2.24, 2.45) is 17.6 Å². The van der Waals surface area contributed by atoms with E-state index in [9.17, 15) is 0 Å². The quantitative estimate of drug-likeness (QED) is 0.651. The maximum Gasteiger partial charge on any atom is 0.00182 e. The van der Waals surface area contributed by atoms with Gasteiger partial charge in [-0.25, -0.2) is 0 Å². The van der Waals surface area contributed by atoms with E-state index >= 15 is 0 Å². The first-order valence-electron chi connectivity index (χ1n) is 4.46. The van der Waals surface area contributed by atoms with Crippen LogP contribution < -0.4 is 5.73 Å². The van der Waals surface area contributed by atoms with Gasteiger partial charge in [-0.2, -0.15) is 0 Å². The Kier molecular flexibility index (Phi) is 5.51. The highest BCUT2D eigenvalue weighted by Gasteiger charge is 2.14. The Morgan fingerprint density at radius 3 is 2.18 bits per heavy atom. The second-order valence-corrected chi connectivity index (χ2v) is 3.64. The Balaban J connectivity index is 3.74. The van der Waals surface area contributed by atoms with Gasteiger partial charge in [0.05, 0.1) is 0 Å². The summed E-state index contributed by atoms with van der Waals surface area (Å²) in [6.07, 6.45) is 1.23. The molecular weight excluding hydrogens is 136 g/mol. The van der Waals surface area contributed by atoms with Crippen LogP contribution in [0.25, 0.3) is 0 Å². The van der Waals surface area contributed by atoms with Gasteiger partial charge in [0, 0.05) is 6.54 Å². The molecule has 0 saturated carbocycles. The third-order valence-corrected chi connectivity index (χ3v) is 2.35. The lowest BCUT2D eigenvalue weighted by molar-refractivity contribution is 0.258. The van der Waals surface area contributed by atoms with Gasteiger partial charge in [0.25, 0.3) is 0 Å². The van der Waals surface area contributed by atoms with E-state index in [0.29, 0.717) is 5.92 Å². The number of nitrogens with zero attached hydrogens (tertiary/aromatic N) is 1. The van der Waals surface area contributed by atoms with Gasteiger partial charge in [0.1, 0.15) is 0 Å². The average Bonchev–Trinajstić information content (AvgIpc) is 1.98. The largest absolute Gasteiger partial charge is 0.330 e. The molecule has 0 aliphatic heterocycles. The van der Waals surface area contributed by atoms with Crippen molar-refractivity contribution < 1.29 is 0 Å². The molecule has 2 heteroatoms. The minimum atomic E-state index is 0.662. The van der Waals surface area contributed by atoms with Gasteiger partial charge in [-0.05, 0) is 32.5 Å². The van der Waals surface area contributed by atoms with E-state index in [1.165, 1.54) is 6.42 Å². The number of hydrogen-bond donors (Lipinski definition) is 1. The third kappa shape index (κ3) is 4.38. The highest BCUT2D eigenvalue weighted by atomic mass is 15.1. The van der Waals surface area contributed by atoms with E-state index in [1.807, 2.05) is 0 Å². The first-order valence-corrected chi connectivity index (χ1v) is 4.46. The minimum Gasteiger partial charge on any atom is -0.330 e. The van der Waals surface area contributed by atoms with Crippen LogP contribution in [0.15, 0.2) is 0 Å². The summed E-state index contributed by atoms with van der Waals surface area (Å²) in [5, 5.41) is 0. The Morgan fingerprint density at radius 2 is 1.91 bits per heavy atom. The molecule has 0 aliphatic rings. The normalized spacial score (nSPS) is 16.9. The van der Waals surface area contributed by atoms with E-state index in [0.717, 1.165) is 19.0 Å². The van der Waals surface area contributed by atoms with E-state index in [2.05, 4.69) is 32.8 Å². The van der Waals surface area contributed by atoms with Crippen LogP contribution in [0.4, 0.5) is 0 Å². The third-order valence-electron chi connectivity index (χ3n) is 2.35. The molecule has 0 rings (SSSR count). The van der Waals surface area contributed by atoms with Crippen molar-refractivity contribution in [3.8, 4) is 0 Å². The first-order chi connectivity index (χ1) is 5.11. The summed E-state index contributed by atoms with van der Waals surface area (Å²) in [5.74, 6) is 1.41. The van der Waals surface area contributed by atoms with Gasteiger partial charge >= 0.3 is 0 Å².